The smallest absolute Gasteiger partial charge is 0.341 e. The van der Waals surface area contributed by atoms with Gasteiger partial charge >= 0.3 is 5.97 Å². The third-order valence-electron chi connectivity index (χ3n) is 3.69. The van der Waals surface area contributed by atoms with E-state index in [4.69, 9.17) is 9.84 Å². The van der Waals surface area contributed by atoms with Crippen molar-refractivity contribution in [3.8, 4) is 5.75 Å². The molecule has 0 saturated carbocycles. The predicted octanol–water partition coefficient (Wildman–Crippen LogP) is 2.23. The van der Waals surface area contributed by atoms with E-state index in [0.29, 0.717) is 18.7 Å². The van der Waals surface area contributed by atoms with Gasteiger partial charge in [0.15, 0.2) is 6.61 Å². The lowest BCUT2D eigenvalue weighted by molar-refractivity contribution is -0.139. The van der Waals surface area contributed by atoms with Gasteiger partial charge in [0, 0.05) is 18.7 Å². The number of nitrogens with one attached hydrogen (secondary N) is 1. The number of benzene rings is 1. The summed E-state index contributed by atoms with van der Waals surface area (Å²) < 4.78 is 6.99. The van der Waals surface area contributed by atoms with Crippen molar-refractivity contribution in [3.63, 3.8) is 0 Å². The summed E-state index contributed by atoms with van der Waals surface area (Å²) >= 11 is 0. The van der Waals surface area contributed by atoms with Crippen LogP contribution in [0.25, 0.3) is 0 Å². The molecule has 0 aliphatic heterocycles. The van der Waals surface area contributed by atoms with Gasteiger partial charge in [0.1, 0.15) is 5.75 Å². The van der Waals surface area contributed by atoms with Crippen molar-refractivity contribution in [1.29, 1.82) is 0 Å². The van der Waals surface area contributed by atoms with Gasteiger partial charge in [0.05, 0.1) is 11.7 Å². The molecule has 1 unspecified atom stereocenters. The molecule has 7 heteroatoms. The first kappa shape index (κ1) is 18.5. The van der Waals surface area contributed by atoms with Crippen molar-refractivity contribution in [1.82, 2.24) is 15.1 Å². The molecule has 1 heterocycles. The van der Waals surface area contributed by atoms with Gasteiger partial charge in [-0.2, -0.15) is 5.10 Å². The Balaban J connectivity index is 1.86. The molecule has 0 aliphatic carbocycles. The van der Waals surface area contributed by atoms with Crippen LogP contribution in [0.2, 0.25) is 0 Å². The van der Waals surface area contributed by atoms with Gasteiger partial charge in [-0.05, 0) is 44.5 Å². The summed E-state index contributed by atoms with van der Waals surface area (Å²) in [6, 6.07) is 8.96. The van der Waals surface area contributed by atoms with Crippen LogP contribution >= 0.6 is 0 Å². The lowest BCUT2D eigenvalue weighted by atomic mass is 10.2. The standard InChI is InChI=1S/C18H23N3O4/c1-12-7-13(2)21(20-12)14(3)8-17(22)19-10-15-5-4-6-16(9-15)25-11-18(23)24/h4-7,9,14H,8,10-11H2,1-3H3,(H,19,22)(H,23,24). The minimum Gasteiger partial charge on any atom is -0.482 e. The number of ether oxygens (including phenoxy) is 1. The number of nitrogens with zero attached hydrogens (tertiary/aromatic N) is 2. The Kier molecular flexibility index (Phi) is 6.16. The zero-order valence-corrected chi connectivity index (χ0v) is 14.7. The highest BCUT2D eigenvalue weighted by molar-refractivity contribution is 5.76. The largest absolute Gasteiger partial charge is 0.482 e. The molecular weight excluding hydrogens is 322 g/mol. The Hall–Kier alpha value is -2.83. The molecule has 0 bridgehead atoms. The van der Waals surface area contributed by atoms with Crippen LogP contribution in [-0.4, -0.2) is 33.4 Å². The first-order chi connectivity index (χ1) is 11.8. The van der Waals surface area contributed by atoms with Crippen molar-refractivity contribution < 1.29 is 19.4 Å². The second kappa shape index (κ2) is 8.32. The van der Waals surface area contributed by atoms with E-state index in [1.54, 1.807) is 18.2 Å². The fraction of sp³-hybridized carbons (Fsp3) is 0.389. The van der Waals surface area contributed by atoms with E-state index >= 15 is 0 Å². The molecule has 25 heavy (non-hydrogen) atoms. The third-order valence-corrected chi connectivity index (χ3v) is 3.69. The zero-order valence-electron chi connectivity index (χ0n) is 14.7. The molecule has 1 aromatic heterocycles. The van der Waals surface area contributed by atoms with Gasteiger partial charge in [-0.3, -0.25) is 9.48 Å². The Labute approximate surface area is 146 Å². The van der Waals surface area contributed by atoms with E-state index < -0.39 is 12.6 Å². The lowest BCUT2D eigenvalue weighted by Gasteiger charge is -2.14. The highest BCUT2D eigenvalue weighted by Gasteiger charge is 2.14. The van der Waals surface area contributed by atoms with Crippen LogP contribution in [0.3, 0.4) is 0 Å². The molecule has 2 aromatic rings. The average molecular weight is 345 g/mol. The maximum Gasteiger partial charge on any atom is 0.341 e. The summed E-state index contributed by atoms with van der Waals surface area (Å²) in [6.45, 7) is 5.81. The van der Waals surface area contributed by atoms with E-state index in [1.807, 2.05) is 37.6 Å². The van der Waals surface area contributed by atoms with Gasteiger partial charge in [-0.15, -0.1) is 0 Å². The van der Waals surface area contributed by atoms with E-state index in [0.717, 1.165) is 17.0 Å². The van der Waals surface area contributed by atoms with Gasteiger partial charge in [0.25, 0.3) is 0 Å². The number of carbonyl (C=O) groups is 2. The second-order valence-electron chi connectivity index (χ2n) is 6.03. The SMILES string of the molecule is Cc1cc(C)n(C(C)CC(=O)NCc2cccc(OCC(=O)O)c2)n1. The monoisotopic (exact) mass is 345 g/mol. The van der Waals surface area contributed by atoms with Crippen LogP contribution in [-0.2, 0) is 16.1 Å². The number of aryl methyl sites for hydroxylation is 2. The third kappa shape index (κ3) is 5.63. The van der Waals surface area contributed by atoms with Gasteiger partial charge < -0.3 is 15.2 Å². The highest BCUT2D eigenvalue weighted by atomic mass is 16.5. The number of aromatic nitrogens is 2. The molecule has 0 fully saturated rings. The minimum absolute atomic E-state index is 0.0288. The topological polar surface area (TPSA) is 93.5 Å². The first-order valence-corrected chi connectivity index (χ1v) is 8.08. The molecule has 0 spiro atoms. The summed E-state index contributed by atoms with van der Waals surface area (Å²) in [5.41, 5.74) is 2.80. The van der Waals surface area contributed by atoms with Crippen LogP contribution in [0.1, 0.15) is 36.3 Å². The Bertz CT molecular complexity index is 755. The van der Waals surface area contributed by atoms with Crippen LogP contribution in [0.5, 0.6) is 5.75 Å². The normalized spacial score (nSPS) is 11.8. The van der Waals surface area contributed by atoms with E-state index in [2.05, 4.69) is 10.4 Å². The Morgan fingerprint density at radius 1 is 1.32 bits per heavy atom. The number of carboxylic acids is 1. The van der Waals surface area contributed by atoms with E-state index in [1.165, 1.54) is 0 Å². The van der Waals surface area contributed by atoms with Crippen LogP contribution in [0.4, 0.5) is 0 Å². The van der Waals surface area contributed by atoms with Crippen LogP contribution in [0, 0.1) is 13.8 Å². The second-order valence-corrected chi connectivity index (χ2v) is 6.03. The van der Waals surface area contributed by atoms with Gasteiger partial charge in [-0.25, -0.2) is 4.79 Å². The lowest BCUT2D eigenvalue weighted by Crippen LogP contribution is -2.26. The number of aliphatic carboxylic acids is 1. The number of hydrogen-bond acceptors (Lipinski definition) is 4. The molecule has 1 amide bonds. The number of hydrogen-bond donors (Lipinski definition) is 2. The molecule has 0 aliphatic rings. The zero-order chi connectivity index (χ0) is 18.4. The summed E-state index contributed by atoms with van der Waals surface area (Å²) in [4.78, 5) is 22.7. The average Bonchev–Trinajstić information content (AvgIpc) is 2.90. The van der Waals surface area contributed by atoms with Crippen molar-refractivity contribution in [2.45, 2.75) is 39.8 Å². The molecular formula is C18H23N3O4. The van der Waals surface area contributed by atoms with Gasteiger partial charge in [0.2, 0.25) is 5.91 Å². The molecule has 134 valence electrons. The Morgan fingerprint density at radius 3 is 2.72 bits per heavy atom. The number of carboxylic acid groups (broad SMARTS) is 1. The molecule has 0 radical (unpaired) electrons. The molecule has 1 aromatic carbocycles. The summed E-state index contributed by atoms with van der Waals surface area (Å²) in [6.07, 6.45) is 0.331. The minimum atomic E-state index is -1.03. The van der Waals surface area contributed by atoms with Crippen molar-refractivity contribution in [3.05, 3.63) is 47.3 Å². The fourth-order valence-electron chi connectivity index (χ4n) is 2.61. The van der Waals surface area contributed by atoms with Gasteiger partial charge in [-0.1, -0.05) is 12.1 Å². The number of rotatable bonds is 8. The molecule has 2 rings (SSSR count). The summed E-state index contributed by atoms with van der Waals surface area (Å²) in [5.74, 6) is -0.640. The molecule has 2 N–H and O–H groups in total. The molecule has 7 nitrogen and oxygen atoms in total. The molecule has 0 saturated heterocycles. The summed E-state index contributed by atoms with van der Waals surface area (Å²) in [7, 11) is 0. The first-order valence-electron chi connectivity index (χ1n) is 8.08. The number of amides is 1. The van der Waals surface area contributed by atoms with Crippen molar-refractivity contribution in [2.24, 2.45) is 0 Å². The van der Waals surface area contributed by atoms with Crippen molar-refractivity contribution in [2.75, 3.05) is 6.61 Å². The number of carbonyl (C=O) groups excluding carboxylic acids is 1. The maximum atomic E-state index is 12.2. The van der Waals surface area contributed by atoms with Crippen LogP contribution in [0.15, 0.2) is 30.3 Å². The maximum absolute atomic E-state index is 12.2. The Morgan fingerprint density at radius 2 is 2.08 bits per heavy atom. The van der Waals surface area contributed by atoms with E-state index in [9.17, 15) is 9.59 Å². The quantitative estimate of drug-likeness (QED) is 0.765. The van der Waals surface area contributed by atoms with Crippen LogP contribution < -0.4 is 10.1 Å². The summed E-state index contributed by atoms with van der Waals surface area (Å²) in [5, 5.41) is 15.9. The van der Waals surface area contributed by atoms with Crippen molar-refractivity contribution >= 4 is 11.9 Å². The fourth-order valence-corrected chi connectivity index (χ4v) is 2.61. The predicted molar refractivity (Wildman–Crippen MR) is 92.4 cm³/mol. The van der Waals surface area contributed by atoms with E-state index in [-0.39, 0.29) is 11.9 Å². The molecule has 1 atom stereocenters. The highest BCUT2D eigenvalue weighted by Crippen LogP contribution is 2.15.